The molecule has 1 aliphatic carbocycles. The highest BCUT2D eigenvalue weighted by Crippen LogP contribution is 2.36. The van der Waals surface area contributed by atoms with Gasteiger partial charge in [-0.25, -0.2) is 12.8 Å². The molecule has 0 radical (unpaired) electrons. The smallest absolute Gasteiger partial charge is 0.253 e. The number of allylic oxidation sites excluding steroid dienone is 1. The first kappa shape index (κ1) is 26.8. The van der Waals surface area contributed by atoms with Gasteiger partial charge in [-0.15, -0.1) is 11.3 Å². The van der Waals surface area contributed by atoms with E-state index >= 15 is 4.39 Å². The molecule has 11 heteroatoms. The second-order valence-electron chi connectivity index (χ2n) is 9.38. The molecule has 2 amide bonds. The molecule has 1 atom stereocenters. The standard InChI is InChI=1S/C25H29ClFN3O4S2/c1-16(22-10-11-23(26)35-22)15-36(33,34)30(18-6-4-5-7-18)21-12-13-29(25(21)32)20-9-8-17(14-19(20)27)24(31)28(2)3/h8-11,14-15,18,21H,4-7,12-13H2,1-3H3/b16-15+/t21-/m0/s1. The van der Waals surface area contributed by atoms with E-state index in [1.54, 1.807) is 33.2 Å². The quantitative estimate of drug-likeness (QED) is 0.484. The van der Waals surface area contributed by atoms with Crippen LogP contribution in [0.1, 0.15) is 54.3 Å². The minimum atomic E-state index is -3.96. The van der Waals surface area contributed by atoms with Crippen molar-refractivity contribution in [3.05, 3.63) is 56.3 Å². The summed E-state index contributed by atoms with van der Waals surface area (Å²) in [6, 6.07) is 6.27. The minimum absolute atomic E-state index is 0.0431. The molecule has 2 fully saturated rings. The van der Waals surface area contributed by atoms with E-state index in [0.29, 0.717) is 22.8 Å². The number of anilines is 1. The van der Waals surface area contributed by atoms with E-state index < -0.39 is 27.8 Å². The molecule has 1 aromatic heterocycles. The first-order chi connectivity index (χ1) is 17.0. The summed E-state index contributed by atoms with van der Waals surface area (Å²) in [6.07, 6.45) is 3.39. The minimum Gasteiger partial charge on any atom is -0.345 e. The first-order valence-corrected chi connectivity index (χ1v) is 14.5. The number of thiophene rings is 1. The molecule has 0 N–H and O–H groups in total. The molecule has 4 rings (SSSR count). The number of amides is 2. The van der Waals surface area contributed by atoms with Gasteiger partial charge in [-0.2, -0.15) is 4.31 Å². The number of nitrogens with zero attached hydrogens (tertiary/aromatic N) is 3. The number of rotatable bonds is 7. The van der Waals surface area contributed by atoms with Crippen LogP contribution >= 0.6 is 22.9 Å². The fourth-order valence-electron chi connectivity index (χ4n) is 4.92. The Kier molecular flexibility index (Phi) is 7.89. The Morgan fingerprint density at radius 2 is 1.86 bits per heavy atom. The summed E-state index contributed by atoms with van der Waals surface area (Å²) in [7, 11) is -0.813. The molecule has 36 heavy (non-hydrogen) atoms. The number of benzene rings is 1. The Morgan fingerprint density at radius 3 is 2.44 bits per heavy atom. The van der Waals surface area contributed by atoms with Crippen molar-refractivity contribution in [2.24, 2.45) is 0 Å². The van der Waals surface area contributed by atoms with Crippen LogP contribution in [0.2, 0.25) is 4.34 Å². The zero-order chi connectivity index (χ0) is 26.2. The van der Waals surface area contributed by atoms with Gasteiger partial charge in [0.25, 0.3) is 5.91 Å². The van der Waals surface area contributed by atoms with E-state index in [1.165, 1.54) is 43.0 Å². The molecular weight excluding hydrogens is 525 g/mol. The predicted molar refractivity (Wildman–Crippen MR) is 141 cm³/mol. The van der Waals surface area contributed by atoms with E-state index in [-0.39, 0.29) is 36.2 Å². The summed E-state index contributed by atoms with van der Waals surface area (Å²) in [6.45, 7) is 1.89. The van der Waals surface area contributed by atoms with Crippen molar-refractivity contribution >= 4 is 56.0 Å². The highest BCUT2D eigenvalue weighted by atomic mass is 35.5. The van der Waals surface area contributed by atoms with Crippen LogP contribution in [-0.2, 0) is 14.8 Å². The van der Waals surface area contributed by atoms with Gasteiger partial charge in [0, 0.05) is 37.1 Å². The highest BCUT2D eigenvalue weighted by molar-refractivity contribution is 7.92. The maximum Gasteiger partial charge on any atom is 0.253 e. The summed E-state index contributed by atoms with van der Waals surface area (Å²) < 4.78 is 44.3. The van der Waals surface area contributed by atoms with Crippen molar-refractivity contribution in [2.75, 3.05) is 25.5 Å². The van der Waals surface area contributed by atoms with Crippen LogP contribution < -0.4 is 4.90 Å². The maximum absolute atomic E-state index is 15.0. The SMILES string of the molecule is C/C(=C\S(=O)(=O)N(C1CCCC1)[C@H]1CCN(c2ccc(C(=O)N(C)C)cc2F)C1=O)c1ccc(Cl)s1. The molecule has 1 aromatic carbocycles. The predicted octanol–water partition coefficient (Wildman–Crippen LogP) is 4.98. The summed E-state index contributed by atoms with van der Waals surface area (Å²) >= 11 is 7.31. The van der Waals surface area contributed by atoms with Gasteiger partial charge in [0.05, 0.1) is 15.4 Å². The van der Waals surface area contributed by atoms with Gasteiger partial charge in [-0.3, -0.25) is 9.59 Å². The van der Waals surface area contributed by atoms with Crippen molar-refractivity contribution in [3.63, 3.8) is 0 Å². The van der Waals surface area contributed by atoms with Crippen LogP contribution in [0.25, 0.3) is 5.57 Å². The molecule has 2 heterocycles. The topological polar surface area (TPSA) is 78.0 Å². The molecule has 1 aliphatic heterocycles. The third-order valence-electron chi connectivity index (χ3n) is 6.64. The average molecular weight is 554 g/mol. The molecule has 1 saturated carbocycles. The van der Waals surface area contributed by atoms with Crippen LogP contribution in [0.15, 0.2) is 35.7 Å². The molecular formula is C25H29ClFN3O4S2. The van der Waals surface area contributed by atoms with E-state index in [1.807, 2.05) is 0 Å². The third-order valence-corrected chi connectivity index (χ3v) is 9.80. The summed E-state index contributed by atoms with van der Waals surface area (Å²) in [5.74, 6) is -1.50. The third kappa shape index (κ3) is 5.37. The molecule has 0 unspecified atom stereocenters. The van der Waals surface area contributed by atoms with Crippen LogP contribution in [0.4, 0.5) is 10.1 Å². The zero-order valence-corrected chi connectivity index (χ0v) is 22.8. The second-order valence-corrected chi connectivity index (χ2v) is 12.8. The Balaban J connectivity index is 1.64. The van der Waals surface area contributed by atoms with Crippen LogP contribution in [0.5, 0.6) is 0 Å². The fourth-order valence-corrected chi connectivity index (χ4v) is 7.89. The zero-order valence-electron chi connectivity index (χ0n) is 20.4. The van der Waals surface area contributed by atoms with Gasteiger partial charge in [0.1, 0.15) is 11.9 Å². The molecule has 194 valence electrons. The van der Waals surface area contributed by atoms with Crippen LogP contribution in [-0.4, -0.2) is 62.2 Å². The average Bonchev–Trinajstić information content (AvgIpc) is 3.56. The van der Waals surface area contributed by atoms with Gasteiger partial charge in [0.15, 0.2) is 0 Å². The van der Waals surface area contributed by atoms with E-state index in [4.69, 9.17) is 11.6 Å². The summed E-state index contributed by atoms with van der Waals surface area (Å²) in [5.41, 5.74) is 0.764. The second kappa shape index (κ2) is 10.6. The molecule has 2 aromatic rings. The molecule has 0 bridgehead atoms. The largest absolute Gasteiger partial charge is 0.345 e. The van der Waals surface area contributed by atoms with Crippen molar-refractivity contribution in [1.82, 2.24) is 9.21 Å². The van der Waals surface area contributed by atoms with Gasteiger partial charge in [0.2, 0.25) is 15.9 Å². The fraction of sp³-hybridized carbons (Fsp3) is 0.440. The lowest BCUT2D eigenvalue weighted by atomic mass is 10.1. The maximum atomic E-state index is 15.0. The Bertz CT molecular complexity index is 1300. The Morgan fingerprint density at radius 1 is 1.17 bits per heavy atom. The summed E-state index contributed by atoms with van der Waals surface area (Å²) in [5, 5.41) is 1.21. The van der Waals surface area contributed by atoms with Crippen molar-refractivity contribution < 1.29 is 22.4 Å². The number of carbonyl (C=O) groups is 2. The van der Waals surface area contributed by atoms with E-state index in [0.717, 1.165) is 23.8 Å². The number of halogens is 2. The van der Waals surface area contributed by atoms with Crippen molar-refractivity contribution in [2.45, 2.75) is 51.1 Å². The number of carbonyl (C=O) groups excluding carboxylic acids is 2. The van der Waals surface area contributed by atoms with Crippen LogP contribution in [0, 0.1) is 5.82 Å². The van der Waals surface area contributed by atoms with E-state index in [2.05, 4.69) is 0 Å². The number of sulfonamides is 1. The van der Waals surface area contributed by atoms with Gasteiger partial charge in [-0.1, -0.05) is 24.4 Å². The van der Waals surface area contributed by atoms with Gasteiger partial charge in [-0.05, 0) is 62.1 Å². The van der Waals surface area contributed by atoms with Gasteiger partial charge < -0.3 is 9.80 Å². The first-order valence-electron chi connectivity index (χ1n) is 11.8. The van der Waals surface area contributed by atoms with Crippen molar-refractivity contribution in [1.29, 1.82) is 0 Å². The molecule has 0 spiro atoms. The monoisotopic (exact) mass is 553 g/mol. The Hall–Kier alpha value is -2.27. The number of hydrogen-bond acceptors (Lipinski definition) is 5. The summed E-state index contributed by atoms with van der Waals surface area (Å²) in [4.78, 5) is 29.1. The van der Waals surface area contributed by atoms with Crippen molar-refractivity contribution in [3.8, 4) is 0 Å². The van der Waals surface area contributed by atoms with Crippen LogP contribution in [0.3, 0.4) is 0 Å². The highest BCUT2D eigenvalue weighted by Gasteiger charge is 2.45. The van der Waals surface area contributed by atoms with E-state index in [9.17, 15) is 18.0 Å². The Labute approximate surface area is 220 Å². The molecule has 2 aliphatic rings. The lowest BCUT2D eigenvalue weighted by Crippen LogP contribution is -2.49. The van der Waals surface area contributed by atoms with Gasteiger partial charge >= 0.3 is 0 Å². The normalized spacial score (nSPS) is 19.5. The molecule has 1 saturated heterocycles. The number of hydrogen-bond donors (Lipinski definition) is 0. The molecule has 7 nitrogen and oxygen atoms in total. The lowest BCUT2D eigenvalue weighted by Gasteiger charge is -2.31. The lowest BCUT2D eigenvalue weighted by molar-refractivity contribution is -0.120.